The van der Waals surface area contributed by atoms with Gasteiger partial charge in [-0.3, -0.25) is 0 Å². The summed E-state index contributed by atoms with van der Waals surface area (Å²) in [4.78, 5) is 0. The Kier molecular flexibility index (Phi) is 3.77. The lowest BCUT2D eigenvalue weighted by molar-refractivity contribution is 0.129. The van der Waals surface area contributed by atoms with Crippen LogP contribution in [0.1, 0.15) is 47.5 Å². The smallest absolute Gasteiger partial charge is 0.0537 e. The SMILES string of the molecule is CC1=CC=C(CCC(C)C(C)O)C1(C)C. The monoisotopic (exact) mass is 208 g/mol. The van der Waals surface area contributed by atoms with E-state index in [4.69, 9.17) is 0 Å². The molecular formula is C14H24O. The van der Waals surface area contributed by atoms with E-state index in [2.05, 4.69) is 39.8 Å². The maximum absolute atomic E-state index is 9.44. The molecule has 1 heteroatoms. The van der Waals surface area contributed by atoms with E-state index in [9.17, 15) is 5.11 Å². The first-order valence-corrected chi connectivity index (χ1v) is 5.92. The molecule has 86 valence electrons. The van der Waals surface area contributed by atoms with Crippen LogP contribution >= 0.6 is 0 Å². The Morgan fingerprint density at radius 1 is 1.27 bits per heavy atom. The fourth-order valence-electron chi connectivity index (χ4n) is 1.92. The summed E-state index contributed by atoms with van der Waals surface area (Å²) in [5.74, 6) is 0.391. The highest BCUT2D eigenvalue weighted by molar-refractivity contribution is 5.37. The molecule has 1 N–H and O–H groups in total. The summed E-state index contributed by atoms with van der Waals surface area (Å²) in [6.07, 6.45) is 6.47. The zero-order valence-electron chi connectivity index (χ0n) is 10.7. The molecule has 0 aromatic rings. The van der Waals surface area contributed by atoms with Crippen LogP contribution in [-0.2, 0) is 0 Å². The van der Waals surface area contributed by atoms with Gasteiger partial charge in [0, 0.05) is 5.41 Å². The Balaban J connectivity index is 2.50. The van der Waals surface area contributed by atoms with Gasteiger partial charge in [-0.1, -0.05) is 44.1 Å². The summed E-state index contributed by atoms with van der Waals surface area (Å²) in [7, 11) is 0. The van der Waals surface area contributed by atoms with Gasteiger partial charge in [0.2, 0.25) is 0 Å². The Labute approximate surface area is 93.9 Å². The summed E-state index contributed by atoms with van der Waals surface area (Å²) in [6.45, 7) is 10.8. The third kappa shape index (κ3) is 2.72. The van der Waals surface area contributed by atoms with Crippen molar-refractivity contribution in [2.75, 3.05) is 0 Å². The van der Waals surface area contributed by atoms with Gasteiger partial charge in [-0.05, 0) is 32.6 Å². The lowest BCUT2D eigenvalue weighted by Crippen LogP contribution is -2.17. The third-order valence-corrected chi connectivity index (χ3v) is 4.02. The van der Waals surface area contributed by atoms with E-state index in [0.717, 1.165) is 12.8 Å². The van der Waals surface area contributed by atoms with E-state index in [1.807, 2.05) is 6.92 Å². The molecule has 1 rings (SSSR count). The van der Waals surface area contributed by atoms with Gasteiger partial charge < -0.3 is 5.11 Å². The van der Waals surface area contributed by atoms with Gasteiger partial charge >= 0.3 is 0 Å². The number of rotatable bonds is 4. The van der Waals surface area contributed by atoms with Gasteiger partial charge in [0.15, 0.2) is 0 Å². The van der Waals surface area contributed by atoms with Crippen molar-refractivity contribution in [3.05, 3.63) is 23.3 Å². The van der Waals surface area contributed by atoms with E-state index < -0.39 is 0 Å². The Morgan fingerprint density at radius 2 is 1.87 bits per heavy atom. The quantitative estimate of drug-likeness (QED) is 0.747. The average Bonchev–Trinajstić information content (AvgIpc) is 2.39. The molecule has 0 fully saturated rings. The molecule has 15 heavy (non-hydrogen) atoms. The maximum atomic E-state index is 9.44. The molecule has 2 unspecified atom stereocenters. The van der Waals surface area contributed by atoms with Crippen molar-refractivity contribution in [3.8, 4) is 0 Å². The zero-order chi connectivity index (χ0) is 11.6. The fourth-order valence-corrected chi connectivity index (χ4v) is 1.92. The van der Waals surface area contributed by atoms with E-state index in [1.54, 1.807) is 0 Å². The molecule has 0 bridgehead atoms. The van der Waals surface area contributed by atoms with Crippen molar-refractivity contribution < 1.29 is 5.11 Å². The first-order chi connectivity index (χ1) is 6.85. The summed E-state index contributed by atoms with van der Waals surface area (Å²) in [5, 5.41) is 9.44. The van der Waals surface area contributed by atoms with Crippen LogP contribution in [0.25, 0.3) is 0 Å². The maximum Gasteiger partial charge on any atom is 0.0537 e. The minimum atomic E-state index is -0.191. The fraction of sp³-hybridized carbons (Fsp3) is 0.714. The molecule has 2 atom stereocenters. The standard InChI is InChI=1S/C14H24O/c1-10(12(3)15)6-8-13-9-7-11(2)14(13,4)5/h7,9-10,12,15H,6,8H2,1-5H3. The molecule has 0 heterocycles. The second-order valence-electron chi connectivity index (χ2n) is 5.42. The predicted molar refractivity (Wildman–Crippen MR) is 65.7 cm³/mol. The minimum absolute atomic E-state index is 0.191. The molecule has 0 spiro atoms. The highest BCUT2D eigenvalue weighted by Crippen LogP contribution is 2.41. The highest BCUT2D eigenvalue weighted by Gasteiger charge is 2.28. The molecule has 0 saturated carbocycles. The van der Waals surface area contributed by atoms with Gasteiger partial charge in [-0.2, -0.15) is 0 Å². The van der Waals surface area contributed by atoms with Crippen LogP contribution in [0.3, 0.4) is 0 Å². The van der Waals surface area contributed by atoms with Crippen molar-refractivity contribution in [3.63, 3.8) is 0 Å². The summed E-state index contributed by atoms with van der Waals surface area (Å²) < 4.78 is 0. The topological polar surface area (TPSA) is 20.2 Å². The van der Waals surface area contributed by atoms with E-state index in [1.165, 1.54) is 11.1 Å². The molecule has 0 aromatic carbocycles. The van der Waals surface area contributed by atoms with Gasteiger partial charge in [-0.15, -0.1) is 0 Å². The molecule has 1 aliphatic carbocycles. The van der Waals surface area contributed by atoms with Crippen LogP contribution in [0, 0.1) is 11.3 Å². The Hall–Kier alpha value is -0.560. The third-order valence-electron chi connectivity index (χ3n) is 4.02. The molecule has 1 aliphatic rings. The first kappa shape index (κ1) is 12.5. The second-order valence-corrected chi connectivity index (χ2v) is 5.42. The summed E-state index contributed by atoms with van der Waals surface area (Å²) in [6, 6.07) is 0. The Morgan fingerprint density at radius 3 is 2.27 bits per heavy atom. The molecule has 0 saturated heterocycles. The van der Waals surface area contributed by atoms with Gasteiger partial charge in [-0.25, -0.2) is 0 Å². The zero-order valence-corrected chi connectivity index (χ0v) is 10.7. The number of hydrogen-bond donors (Lipinski definition) is 1. The van der Waals surface area contributed by atoms with Crippen molar-refractivity contribution in [1.82, 2.24) is 0 Å². The van der Waals surface area contributed by atoms with Crippen LogP contribution < -0.4 is 0 Å². The normalized spacial score (nSPS) is 23.3. The van der Waals surface area contributed by atoms with Crippen molar-refractivity contribution in [2.24, 2.45) is 11.3 Å². The first-order valence-electron chi connectivity index (χ1n) is 5.92. The van der Waals surface area contributed by atoms with Crippen LogP contribution in [0.5, 0.6) is 0 Å². The van der Waals surface area contributed by atoms with E-state index in [0.29, 0.717) is 5.92 Å². The minimum Gasteiger partial charge on any atom is -0.393 e. The van der Waals surface area contributed by atoms with E-state index >= 15 is 0 Å². The van der Waals surface area contributed by atoms with Crippen LogP contribution in [0.15, 0.2) is 23.3 Å². The van der Waals surface area contributed by atoms with Gasteiger partial charge in [0.1, 0.15) is 0 Å². The molecule has 1 nitrogen and oxygen atoms in total. The summed E-state index contributed by atoms with van der Waals surface area (Å²) >= 11 is 0. The van der Waals surface area contributed by atoms with Crippen molar-refractivity contribution in [2.45, 2.75) is 53.6 Å². The second kappa shape index (κ2) is 4.52. The number of hydrogen-bond acceptors (Lipinski definition) is 1. The van der Waals surface area contributed by atoms with Gasteiger partial charge in [0.25, 0.3) is 0 Å². The van der Waals surface area contributed by atoms with E-state index in [-0.39, 0.29) is 11.5 Å². The number of allylic oxidation sites excluding steroid dienone is 4. The predicted octanol–water partition coefficient (Wildman–Crippen LogP) is 3.70. The number of aliphatic hydroxyl groups is 1. The number of aliphatic hydroxyl groups excluding tert-OH is 1. The van der Waals surface area contributed by atoms with Crippen molar-refractivity contribution in [1.29, 1.82) is 0 Å². The van der Waals surface area contributed by atoms with Crippen LogP contribution in [0.2, 0.25) is 0 Å². The molecule has 0 amide bonds. The Bertz CT molecular complexity index is 282. The lowest BCUT2D eigenvalue weighted by atomic mass is 9.78. The average molecular weight is 208 g/mol. The van der Waals surface area contributed by atoms with Gasteiger partial charge in [0.05, 0.1) is 6.10 Å². The highest BCUT2D eigenvalue weighted by atomic mass is 16.3. The largest absolute Gasteiger partial charge is 0.393 e. The molecule has 0 aromatic heterocycles. The van der Waals surface area contributed by atoms with Crippen LogP contribution in [-0.4, -0.2) is 11.2 Å². The lowest BCUT2D eigenvalue weighted by Gasteiger charge is -2.26. The molecule has 0 radical (unpaired) electrons. The molecular weight excluding hydrogens is 184 g/mol. The van der Waals surface area contributed by atoms with Crippen molar-refractivity contribution >= 4 is 0 Å². The summed E-state index contributed by atoms with van der Waals surface area (Å²) in [5.41, 5.74) is 3.19. The van der Waals surface area contributed by atoms with Crippen LogP contribution in [0.4, 0.5) is 0 Å². The molecule has 0 aliphatic heterocycles.